The number of cyclic esters (lactones) is 1. The van der Waals surface area contributed by atoms with Crippen molar-refractivity contribution in [2.24, 2.45) is 0 Å². The molecule has 9 heavy (non-hydrogen) atoms. The highest BCUT2D eigenvalue weighted by Gasteiger charge is 2.26. The second kappa shape index (κ2) is 2.82. The van der Waals surface area contributed by atoms with Gasteiger partial charge in [0.2, 0.25) is 0 Å². The van der Waals surface area contributed by atoms with E-state index >= 15 is 0 Å². The van der Waals surface area contributed by atoms with Crippen LogP contribution in [0.25, 0.3) is 0 Å². The second-order valence-corrected chi connectivity index (χ2v) is 1.90. The molecule has 0 N–H and O–H groups in total. The molecule has 0 aromatic rings. The van der Waals surface area contributed by atoms with Gasteiger partial charge >= 0.3 is 5.97 Å². The number of carbonyl (C=O) groups excluding carboxylic acids is 1. The van der Waals surface area contributed by atoms with Crippen molar-refractivity contribution in [3.63, 3.8) is 0 Å². The number of hydrogen-bond acceptors (Lipinski definition) is 3. The van der Waals surface area contributed by atoms with Crippen LogP contribution in [0.1, 0.15) is 13.3 Å². The number of rotatable bonds is 2. The fourth-order valence-corrected chi connectivity index (χ4v) is 0.830. The molecular weight excluding hydrogens is 120 g/mol. The summed E-state index contributed by atoms with van der Waals surface area (Å²) in [5, 5.41) is 0. The zero-order valence-electron chi connectivity index (χ0n) is 5.42. The van der Waals surface area contributed by atoms with Gasteiger partial charge in [-0.25, -0.2) is 4.79 Å². The molecule has 1 heterocycles. The van der Waals surface area contributed by atoms with Gasteiger partial charge in [0, 0.05) is 13.0 Å². The normalized spacial score (nSPS) is 26.3. The number of ether oxygens (including phenoxy) is 2. The summed E-state index contributed by atoms with van der Waals surface area (Å²) in [6.45, 7) is 2.97. The third-order valence-electron chi connectivity index (χ3n) is 1.26. The summed E-state index contributed by atoms with van der Waals surface area (Å²) >= 11 is 0. The summed E-state index contributed by atoms with van der Waals surface area (Å²) in [7, 11) is 0. The Hall–Kier alpha value is -0.570. The molecule has 52 valence electrons. The van der Waals surface area contributed by atoms with E-state index in [9.17, 15) is 4.79 Å². The first-order valence-electron chi connectivity index (χ1n) is 3.13. The first-order valence-corrected chi connectivity index (χ1v) is 3.13. The summed E-state index contributed by atoms with van der Waals surface area (Å²) in [4.78, 5) is 10.6. The molecule has 0 aromatic carbocycles. The molecule has 0 aliphatic carbocycles. The maximum Gasteiger partial charge on any atom is 0.335 e. The summed E-state index contributed by atoms with van der Waals surface area (Å²) in [5.74, 6) is -0.211. The van der Waals surface area contributed by atoms with Gasteiger partial charge in [-0.05, 0) is 6.92 Å². The smallest absolute Gasteiger partial charge is 0.335 e. The lowest BCUT2D eigenvalue weighted by molar-refractivity contribution is -0.147. The van der Waals surface area contributed by atoms with E-state index < -0.39 is 0 Å². The number of carbonyl (C=O) groups is 1. The Bertz CT molecular complexity index is 111. The van der Waals surface area contributed by atoms with Crippen LogP contribution < -0.4 is 0 Å². The predicted molar refractivity (Wildman–Crippen MR) is 31.0 cm³/mol. The summed E-state index contributed by atoms with van der Waals surface area (Å²) in [6, 6.07) is 0. The highest BCUT2D eigenvalue weighted by atomic mass is 16.6. The van der Waals surface area contributed by atoms with Crippen molar-refractivity contribution in [3.05, 3.63) is 0 Å². The molecule has 1 unspecified atom stereocenters. The lowest BCUT2D eigenvalue weighted by atomic mass is 10.3. The zero-order valence-corrected chi connectivity index (χ0v) is 5.42. The van der Waals surface area contributed by atoms with E-state index in [-0.39, 0.29) is 12.1 Å². The van der Waals surface area contributed by atoms with Crippen LogP contribution in [0.3, 0.4) is 0 Å². The average Bonchev–Trinajstić information content (AvgIpc) is 2.18. The van der Waals surface area contributed by atoms with Crippen molar-refractivity contribution < 1.29 is 14.3 Å². The van der Waals surface area contributed by atoms with Crippen LogP contribution >= 0.6 is 0 Å². The van der Waals surface area contributed by atoms with Crippen LogP contribution in [-0.2, 0) is 14.3 Å². The lowest BCUT2D eigenvalue weighted by Gasteiger charge is -2.02. The van der Waals surface area contributed by atoms with Crippen LogP contribution in [0.2, 0.25) is 0 Å². The van der Waals surface area contributed by atoms with Gasteiger partial charge in [-0.1, -0.05) is 0 Å². The molecule has 1 aliphatic rings. The molecule has 0 saturated carbocycles. The molecule has 0 bridgehead atoms. The maximum atomic E-state index is 10.6. The average molecular weight is 130 g/mol. The van der Waals surface area contributed by atoms with Crippen molar-refractivity contribution in [1.82, 2.24) is 0 Å². The minimum absolute atomic E-state index is 0.211. The van der Waals surface area contributed by atoms with Gasteiger partial charge in [-0.15, -0.1) is 0 Å². The van der Waals surface area contributed by atoms with Crippen LogP contribution in [0, 0.1) is 0 Å². The van der Waals surface area contributed by atoms with Crippen molar-refractivity contribution in [3.8, 4) is 0 Å². The number of hydrogen-bond donors (Lipinski definition) is 0. The quantitative estimate of drug-likeness (QED) is 0.505. The Labute approximate surface area is 53.9 Å². The molecule has 0 radical (unpaired) electrons. The van der Waals surface area contributed by atoms with E-state index in [1.54, 1.807) is 0 Å². The topological polar surface area (TPSA) is 35.5 Å². The van der Waals surface area contributed by atoms with Gasteiger partial charge in [0.1, 0.15) is 0 Å². The van der Waals surface area contributed by atoms with E-state index in [0.717, 1.165) is 0 Å². The van der Waals surface area contributed by atoms with Crippen molar-refractivity contribution >= 4 is 5.97 Å². The Morgan fingerprint density at radius 2 is 2.67 bits per heavy atom. The fourth-order valence-electron chi connectivity index (χ4n) is 0.830. The lowest BCUT2D eigenvalue weighted by Crippen LogP contribution is -2.17. The number of esters is 1. The highest BCUT2D eigenvalue weighted by Crippen LogP contribution is 2.09. The molecule has 1 aliphatic heterocycles. The van der Waals surface area contributed by atoms with Crippen molar-refractivity contribution in [2.75, 3.05) is 13.2 Å². The van der Waals surface area contributed by atoms with E-state index in [1.165, 1.54) is 0 Å². The molecule has 0 amide bonds. The van der Waals surface area contributed by atoms with Gasteiger partial charge in [0.05, 0.1) is 6.61 Å². The Morgan fingerprint density at radius 1 is 1.89 bits per heavy atom. The van der Waals surface area contributed by atoms with E-state index in [2.05, 4.69) is 4.74 Å². The predicted octanol–water partition coefficient (Wildman–Crippen LogP) is 0.338. The third-order valence-corrected chi connectivity index (χ3v) is 1.26. The van der Waals surface area contributed by atoms with E-state index in [1.807, 2.05) is 6.92 Å². The van der Waals surface area contributed by atoms with Gasteiger partial charge in [0.15, 0.2) is 6.10 Å². The fraction of sp³-hybridized carbons (Fsp3) is 0.833. The first-order chi connectivity index (χ1) is 4.34. The molecule has 3 heteroatoms. The zero-order chi connectivity index (χ0) is 6.69. The van der Waals surface area contributed by atoms with E-state index in [0.29, 0.717) is 19.6 Å². The molecule has 1 rings (SSSR count). The minimum Gasteiger partial charge on any atom is -0.464 e. The minimum atomic E-state index is -0.282. The first kappa shape index (κ1) is 6.55. The summed E-state index contributed by atoms with van der Waals surface area (Å²) < 4.78 is 9.69. The third kappa shape index (κ3) is 1.42. The Morgan fingerprint density at radius 3 is 3.11 bits per heavy atom. The monoisotopic (exact) mass is 130 g/mol. The van der Waals surface area contributed by atoms with Crippen molar-refractivity contribution in [1.29, 1.82) is 0 Å². The molecule has 1 saturated heterocycles. The summed E-state index contributed by atoms with van der Waals surface area (Å²) in [5.41, 5.74) is 0. The summed E-state index contributed by atoms with van der Waals surface area (Å²) in [6.07, 6.45) is 0.433. The SMILES string of the molecule is CCOC1CCOC1=O. The van der Waals surface area contributed by atoms with Gasteiger partial charge in [-0.2, -0.15) is 0 Å². The molecule has 3 nitrogen and oxygen atoms in total. The second-order valence-electron chi connectivity index (χ2n) is 1.90. The largest absolute Gasteiger partial charge is 0.464 e. The standard InChI is InChI=1S/C6H10O3/c1-2-8-5-3-4-9-6(5)7/h5H,2-4H2,1H3. The Kier molecular flexibility index (Phi) is 2.05. The van der Waals surface area contributed by atoms with Crippen LogP contribution in [-0.4, -0.2) is 25.3 Å². The maximum absolute atomic E-state index is 10.6. The van der Waals surface area contributed by atoms with Crippen LogP contribution in [0.5, 0.6) is 0 Å². The van der Waals surface area contributed by atoms with Crippen molar-refractivity contribution in [2.45, 2.75) is 19.4 Å². The molecule has 1 fully saturated rings. The van der Waals surface area contributed by atoms with Gasteiger partial charge in [-0.3, -0.25) is 0 Å². The molecule has 1 atom stereocenters. The highest BCUT2D eigenvalue weighted by molar-refractivity contribution is 5.76. The Balaban J connectivity index is 2.31. The van der Waals surface area contributed by atoms with Crippen LogP contribution in [0.15, 0.2) is 0 Å². The molecule has 0 spiro atoms. The molecular formula is C6H10O3. The molecule has 0 aromatic heterocycles. The van der Waals surface area contributed by atoms with Crippen LogP contribution in [0.4, 0.5) is 0 Å². The van der Waals surface area contributed by atoms with Gasteiger partial charge in [0.25, 0.3) is 0 Å². The van der Waals surface area contributed by atoms with Gasteiger partial charge < -0.3 is 9.47 Å². The van der Waals surface area contributed by atoms with E-state index in [4.69, 9.17) is 4.74 Å².